The minimum atomic E-state index is -1.25. The Hall–Kier alpha value is -1.30. The summed E-state index contributed by atoms with van der Waals surface area (Å²) in [6, 6.07) is 0. The van der Waals surface area contributed by atoms with Gasteiger partial charge in [-0.2, -0.15) is 0 Å². The molecule has 0 bridgehead atoms. The molecule has 19 heavy (non-hydrogen) atoms. The Kier molecular flexibility index (Phi) is 4.45. The summed E-state index contributed by atoms with van der Waals surface area (Å²) in [5, 5.41) is 19.2. The highest BCUT2D eigenvalue weighted by Gasteiger charge is 2.42. The Morgan fingerprint density at radius 3 is 2.11 bits per heavy atom. The van der Waals surface area contributed by atoms with Crippen LogP contribution in [0.3, 0.4) is 0 Å². The van der Waals surface area contributed by atoms with Gasteiger partial charge in [-0.15, -0.1) is 0 Å². The van der Waals surface area contributed by atoms with Crippen molar-refractivity contribution in [1.82, 2.24) is 4.90 Å². The third kappa shape index (κ3) is 4.09. The summed E-state index contributed by atoms with van der Waals surface area (Å²) in [7, 11) is 0. The molecule has 0 aromatic rings. The van der Waals surface area contributed by atoms with E-state index in [9.17, 15) is 14.7 Å². The van der Waals surface area contributed by atoms with Crippen molar-refractivity contribution in [2.75, 3.05) is 13.1 Å². The first-order valence-corrected chi connectivity index (χ1v) is 6.48. The van der Waals surface area contributed by atoms with Crippen LogP contribution in [0.2, 0.25) is 0 Å². The number of nitrogens with zero attached hydrogens (tertiary/aromatic N) is 1. The van der Waals surface area contributed by atoms with E-state index in [4.69, 9.17) is 9.84 Å². The Bertz CT molecular complexity index is 353. The summed E-state index contributed by atoms with van der Waals surface area (Å²) >= 11 is 0. The number of carbonyl (C=O) groups is 2. The molecule has 1 heterocycles. The summed E-state index contributed by atoms with van der Waals surface area (Å²) in [5.41, 5.74) is -1.80. The van der Waals surface area contributed by atoms with E-state index >= 15 is 0 Å². The number of aliphatic hydroxyl groups is 1. The highest BCUT2D eigenvalue weighted by molar-refractivity contribution is 5.71. The lowest BCUT2D eigenvalue weighted by molar-refractivity contribution is -0.154. The van der Waals surface area contributed by atoms with Crippen molar-refractivity contribution in [1.29, 1.82) is 0 Å². The number of likely N-dealkylation sites (tertiary alicyclic amines) is 1. The summed E-state index contributed by atoms with van der Waals surface area (Å²) in [5.74, 6) is -1.86. The summed E-state index contributed by atoms with van der Waals surface area (Å²) < 4.78 is 5.24. The van der Waals surface area contributed by atoms with E-state index in [1.165, 1.54) is 11.8 Å². The van der Waals surface area contributed by atoms with E-state index in [0.29, 0.717) is 13.1 Å². The second-order valence-electron chi connectivity index (χ2n) is 6.13. The fourth-order valence-corrected chi connectivity index (χ4v) is 2.07. The molecule has 1 aliphatic rings. The van der Waals surface area contributed by atoms with Crippen LogP contribution in [0.1, 0.15) is 40.5 Å². The van der Waals surface area contributed by atoms with Crippen molar-refractivity contribution in [2.24, 2.45) is 5.92 Å². The highest BCUT2D eigenvalue weighted by atomic mass is 16.6. The van der Waals surface area contributed by atoms with E-state index in [1.807, 2.05) is 0 Å². The van der Waals surface area contributed by atoms with Crippen molar-refractivity contribution in [3.63, 3.8) is 0 Å². The number of carboxylic acids is 1. The van der Waals surface area contributed by atoms with Gasteiger partial charge in [0.2, 0.25) is 0 Å². The molecule has 6 nitrogen and oxygen atoms in total. The van der Waals surface area contributed by atoms with E-state index in [2.05, 4.69) is 0 Å². The maximum Gasteiger partial charge on any atom is 0.410 e. The average molecular weight is 273 g/mol. The number of aliphatic carboxylic acids is 1. The van der Waals surface area contributed by atoms with Crippen molar-refractivity contribution < 1.29 is 24.5 Å². The SMILES string of the molecule is CC(C(=O)O)C1(O)CCN(C(=O)OC(C)(C)C)CC1. The number of ether oxygens (including phenoxy) is 1. The van der Waals surface area contributed by atoms with Gasteiger partial charge >= 0.3 is 12.1 Å². The van der Waals surface area contributed by atoms with Gasteiger partial charge in [0.25, 0.3) is 0 Å². The van der Waals surface area contributed by atoms with Crippen LogP contribution in [0.5, 0.6) is 0 Å². The molecule has 1 amide bonds. The van der Waals surface area contributed by atoms with Gasteiger partial charge in [-0.1, -0.05) is 0 Å². The predicted octanol–water partition coefficient (Wildman–Crippen LogP) is 1.47. The molecule has 6 heteroatoms. The Balaban J connectivity index is 2.58. The van der Waals surface area contributed by atoms with Gasteiger partial charge in [0.1, 0.15) is 5.60 Å². The number of rotatable bonds is 2. The molecule has 1 fully saturated rings. The Morgan fingerprint density at radius 1 is 1.26 bits per heavy atom. The molecule has 0 aromatic heterocycles. The molecule has 1 unspecified atom stereocenters. The lowest BCUT2D eigenvalue weighted by Crippen LogP contribution is -2.52. The molecule has 0 aliphatic carbocycles. The van der Waals surface area contributed by atoms with Gasteiger partial charge in [-0.25, -0.2) is 4.79 Å². The van der Waals surface area contributed by atoms with Gasteiger partial charge < -0.3 is 19.8 Å². The maximum atomic E-state index is 11.8. The standard InChI is InChI=1S/C13H23NO5/c1-9(10(15)16)13(18)5-7-14(8-6-13)11(17)19-12(2,3)4/h9,18H,5-8H2,1-4H3,(H,15,16). The largest absolute Gasteiger partial charge is 0.481 e. The first-order chi connectivity index (χ1) is 8.55. The van der Waals surface area contributed by atoms with Gasteiger partial charge in [0, 0.05) is 13.1 Å². The molecular weight excluding hydrogens is 250 g/mol. The zero-order chi connectivity index (χ0) is 14.8. The molecule has 0 saturated carbocycles. The highest BCUT2D eigenvalue weighted by Crippen LogP contribution is 2.30. The quantitative estimate of drug-likeness (QED) is 0.795. The molecule has 0 spiro atoms. The first-order valence-electron chi connectivity index (χ1n) is 6.48. The van der Waals surface area contributed by atoms with Crippen LogP contribution >= 0.6 is 0 Å². The van der Waals surface area contributed by atoms with Crippen molar-refractivity contribution in [3.8, 4) is 0 Å². The van der Waals surface area contributed by atoms with Crippen LogP contribution in [-0.2, 0) is 9.53 Å². The zero-order valence-corrected chi connectivity index (χ0v) is 12.0. The van der Waals surface area contributed by atoms with Crippen LogP contribution in [0.4, 0.5) is 4.79 Å². The minimum Gasteiger partial charge on any atom is -0.481 e. The molecule has 1 atom stereocenters. The smallest absolute Gasteiger partial charge is 0.410 e. The van der Waals surface area contributed by atoms with Gasteiger partial charge in [-0.3, -0.25) is 4.79 Å². The van der Waals surface area contributed by atoms with E-state index in [-0.39, 0.29) is 12.8 Å². The van der Waals surface area contributed by atoms with Gasteiger partial charge in [0.15, 0.2) is 0 Å². The van der Waals surface area contributed by atoms with Crippen LogP contribution in [0, 0.1) is 5.92 Å². The maximum absolute atomic E-state index is 11.8. The van der Waals surface area contributed by atoms with E-state index in [0.717, 1.165) is 0 Å². The molecule has 1 rings (SSSR count). The molecule has 110 valence electrons. The monoisotopic (exact) mass is 273 g/mol. The molecule has 0 radical (unpaired) electrons. The normalized spacial score (nSPS) is 20.8. The van der Waals surface area contributed by atoms with Gasteiger partial charge in [0.05, 0.1) is 11.5 Å². The van der Waals surface area contributed by atoms with E-state index < -0.39 is 29.2 Å². The van der Waals surface area contributed by atoms with E-state index in [1.54, 1.807) is 20.8 Å². The molecular formula is C13H23NO5. The molecule has 2 N–H and O–H groups in total. The van der Waals surface area contributed by atoms with Crippen LogP contribution in [0.15, 0.2) is 0 Å². The number of hydrogen-bond acceptors (Lipinski definition) is 4. The second kappa shape index (κ2) is 5.36. The minimum absolute atomic E-state index is 0.250. The number of carboxylic acid groups (broad SMARTS) is 1. The third-order valence-corrected chi connectivity index (χ3v) is 3.46. The molecule has 1 aliphatic heterocycles. The lowest BCUT2D eigenvalue weighted by atomic mass is 9.80. The van der Waals surface area contributed by atoms with Gasteiger partial charge in [-0.05, 0) is 40.5 Å². The second-order valence-corrected chi connectivity index (χ2v) is 6.13. The summed E-state index contributed by atoms with van der Waals surface area (Å²) in [6.07, 6.45) is 0.0805. The van der Waals surface area contributed by atoms with Crippen LogP contribution in [-0.4, -0.2) is 51.5 Å². The third-order valence-electron chi connectivity index (χ3n) is 3.46. The number of carbonyl (C=O) groups excluding carboxylic acids is 1. The number of amides is 1. The van der Waals surface area contributed by atoms with Crippen LogP contribution in [0.25, 0.3) is 0 Å². The molecule has 0 aromatic carbocycles. The van der Waals surface area contributed by atoms with Crippen molar-refractivity contribution in [3.05, 3.63) is 0 Å². The predicted molar refractivity (Wildman–Crippen MR) is 68.8 cm³/mol. The fourth-order valence-electron chi connectivity index (χ4n) is 2.07. The van der Waals surface area contributed by atoms with Crippen LogP contribution < -0.4 is 0 Å². The summed E-state index contributed by atoms with van der Waals surface area (Å²) in [4.78, 5) is 24.3. The Morgan fingerprint density at radius 2 is 1.74 bits per heavy atom. The topological polar surface area (TPSA) is 87.1 Å². The summed E-state index contributed by atoms with van der Waals surface area (Å²) in [6.45, 7) is 7.48. The zero-order valence-electron chi connectivity index (χ0n) is 12.0. The average Bonchev–Trinajstić information content (AvgIpc) is 2.26. The van der Waals surface area contributed by atoms with Crippen molar-refractivity contribution in [2.45, 2.75) is 51.7 Å². The Labute approximate surface area is 113 Å². The first kappa shape index (κ1) is 15.8. The number of piperidine rings is 1. The number of hydrogen-bond donors (Lipinski definition) is 2. The fraction of sp³-hybridized carbons (Fsp3) is 0.846. The molecule has 1 saturated heterocycles. The lowest BCUT2D eigenvalue weighted by Gasteiger charge is -2.40. The van der Waals surface area contributed by atoms with Crippen molar-refractivity contribution >= 4 is 12.1 Å².